The Balaban J connectivity index is 1.64. The van der Waals surface area contributed by atoms with Crippen molar-refractivity contribution in [3.8, 4) is 0 Å². The molecule has 0 N–H and O–H groups in total. The fourth-order valence-corrected chi connectivity index (χ4v) is 3.18. The minimum absolute atomic E-state index is 0.00653. The molecule has 1 heterocycles. The zero-order valence-corrected chi connectivity index (χ0v) is 14.9. The molecule has 2 amide bonds. The summed E-state index contributed by atoms with van der Waals surface area (Å²) in [6.07, 6.45) is 1.60. The van der Waals surface area contributed by atoms with E-state index >= 15 is 0 Å². The molecule has 1 fully saturated rings. The van der Waals surface area contributed by atoms with Gasteiger partial charge in [0.05, 0.1) is 0 Å². The summed E-state index contributed by atoms with van der Waals surface area (Å²) in [5, 5.41) is 0. The van der Waals surface area contributed by atoms with Crippen LogP contribution >= 0.6 is 0 Å². The van der Waals surface area contributed by atoms with E-state index in [9.17, 15) is 9.59 Å². The number of carbonyl (C=O) groups excluding carboxylic acids is 2. The van der Waals surface area contributed by atoms with Gasteiger partial charge in [0.25, 0.3) is 5.91 Å². The first-order chi connectivity index (χ1) is 12.0. The van der Waals surface area contributed by atoms with E-state index in [1.54, 1.807) is 4.90 Å². The molecule has 1 aliphatic rings. The summed E-state index contributed by atoms with van der Waals surface area (Å²) in [7, 11) is 1.82. The highest BCUT2D eigenvalue weighted by Gasteiger charge is 2.20. The Labute approximate surface area is 149 Å². The Hall–Kier alpha value is -2.62. The molecule has 25 heavy (non-hydrogen) atoms. The number of aryl methyl sites for hydroxylation is 1. The van der Waals surface area contributed by atoms with Gasteiger partial charge in [-0.2, -0.15) is 0 Å². The summed E-state index contributed by atoms with van der Waals surface area (Å²) in [5.41, 5.74) is 4.08. The average Bonchev–Trinajstić information content (AvgIpc) is 3.02. The third-order valence-corrected chi connectivity index (χ3v) is 4.76. The largest absolute Gasteiger partial charge is 0.338 e. The van der Waals surface area contributed by atoms with Crippen molar-refractivity contribution in [3.05, 3.63) is 70.8 Å². The van der Waals surface area contributed by atoms with E-state index in [0.717, 1.165) is 24.1 Å². The van der Waals surface area contributed by atoms with E-state index in [0.29, 0.717) is 25.1 Å². The second-order valence-electron chi connectivity index (χ2n) is 6.70. The summed E-state index contributed by atoms with van der Waals surface area (Å²) in [6, 6.07) is 15.7. The van der Waals surface area contributed by atoms with E-state index < -0.39 is 0 Å². The number of carbonyl (C=O) groups is 2. The quantitative estimate of drug-likeness (QED) is 0.840. The van der Waals surface area contributed by atoms with Crippen LogP contribution in [0.4, 0.5) is 0 Å². The fraction of sp³-hybridized carbons (Fsp3) is 0.333. The highest BCUT2D eigenvalue weighted by Crippen LogP contribution is 2.16. The smallest absolute Gasteiger partial charge is 0.253 e. The van der Waals surface area contributed by atoms with Gasteiger partial charge in [0, 0.05) is 38.7 Å². The molecule has 0 radical (unpaired) electrons. The van der Waals surface area contributed by atoms with E-state index in [1.165, 1.54) is 5.56 Å². The number of hydrogen-bond acceptors (Lipinski definition) is 2. The van der Waals surface area contributed by atoms with Crippen molar-refractivity contribution in [1.29, 1.82) is 0 Å². The Morgan fingerprint density at radius 1 is 1.12 bits per heavy atom. The van der Waals surface area contributed by atoms with Crippen LogP contribution in [-0.2, 0) is 17.9 Å². The monoisotopic (exact) mass is 336 g/mol. The molecule has 2 aromatic rings. The van der Waals surface area contributed by atoms with E-state index in [4.69, 9.17) is 0 Å². The summed E-state index contributed by atoms with van der Waals surface area (Å²) in [5.74, 6) is 0.227. The van der Waals surface area contributed by atoms with Crippen LogP contribution in [0.3, 0.4) is 0 Å². The number of amides is 2. The zero-order chi connectivity index (χ0) is 17.8. The molecule has 1 aliphatic heterocycles. The van der Waals surface area contributed by atoms with Crippen LogP contribution in [0.1, 0.15) is 39.9 Å². The van der Waals surface area contributed by atoms with Crippen molar-refractivity contribution in [2.24, 2.45) is 0 Å². The molecule has 0 saturated carbocycles. The van der Waals surface area contributed by atoms with Gasteiger partial charge in [0.15, 0.2) is 0 Å². The van der Waals surface area contributed by atoms with E-state index in [2.05, 4.69) is 19.1 Å². The Morgan fingerprint density at radius 3 is 2.48 bits per heavy atom. The van der Waals surface area contributed by atoms with Crippen LogP contribution in [0.15, 0.2) is 48.5 Å². The van der Waals surface area contributed by atoms with Crippen LogP contribution in [0, 0.1) is 6.92 Å². The second kappa shape index (κ2) is 7.51. The predicted molar refractivity (Wildman–Crippen MR) is 98.1 cm³/mol. The van der Waals surface area contributed by atoms with Gasteiger partial charge in [-0.25, -0.2) is 0 Å². The topological polar surface area (TPSA) is 40.6 Å². The maximum Gasteiger partial charge on any atom is 0.253 e. The van der Waals surface area contributed by atoms with Gasteiger partial charge in [-0.05, 0) is 42.2 Å². The van der Waals surface area contributed by atoms with Gasteiger partial charge in [-0.1, -0.05) is 36.4 Å². The molecule has 130 valence electrons. The third kappa shape index (κ3) is 4.08. The molecule has 0 spiro atoms. The van der Waals surface area contributed by atoms with Crippen molar-refractivity contribution < 1.29 is 9.59 Å². The van der Waals surface area contributed by atoms with Crippen LogP contribution in [0.5, 0.6) is 0 Å². The second-order valence-corrected chi connectivity index (χ2v) is 6.70. The molecule has 1 saturated heterocycles. The van der Waals surface area contributed by atoms with Crippen LogP contribution in [0.2, 0.25) is 0 Å². The lowest BCUT2D eigenvalue weighted by Gasteiger charge is -2.19. The van der Waals surface area contributed by atoms with Gasteiger partial charge in [0.2, 0.25) is 5.91 Å². The summed E-state index contributed by atoms with van der Waals surface area (Å²) >= 11 is 0. The van der Waals surface area contributed by atoms with Crippen molar-refractivity contribution in [3.63, 3.8) is 0 Å². The molecule has 0 unspecified atom stereocenters. The average molecular weight is 336 g/mol. The Kier molecular flexibility index (Phi) is 5.17. The minimum atomic E-state index is 0.00653. The Morgan fingerprint density at radius 2 is 1.84 bits per heavy atom. The van der Waals surface area contributed by atoms with Gasteiger partial charge >= 0.3 is 0 Å². The van der Waals surface area contributed by atoms with Gasteiger partial charge in [-0.3, -0.25) is 9.59 Å². The van der Waals surface area contributed by atoms with Gasteiger partial charge in [-0.15, -0.1) is 0 Å². The van der Waals surface area contributed by atoms with E-state index in [-0.39, 0.29) is 11.8 Å². The maximum absolute atomic E-state index is 12.6. The molecular formula is C21H24N2O2. The van der Waals surface area contributed by atoms with Crippen LogP contribution in [0.25, 0.3) is 0 Å². The first kappa shape index (κ1) is 17.2. The number of nitrogens with zero attached hydrogens (tertiary/aromatic N) is 2. The maximum atomic E-state index is 12.6. The van der Waals surface area contributed by atoms with Gasteiger partial charge < -0.3 is 9.80 Å². The lowest BCUT2D eigenvalue weighted by molar-refractivity contribution is -0.128. The van der Waals surface area contributed by atoms with Crippen LogP contribution < -0.4 is 0 Å². The third-order valence-electron chi connectivity index (χ3n) is 4.76. The summed E-state index contributed by atoms with van der Waals surface area (Å²) in [6.45, 7) is 4.11. The number of benzene rings is 2. The first-order valence-electron chi connectivity index (χ1n) is 8.71. The van der Waals surface area contributed by atoms with Crippen molar-refractivity contribution >= 4 is 11.8 Å². The molecule has 0 aliphatic carbocycles. The number of likely N-dealkylation sites (tertiary alicyclic amines) is 1. The van der Waals surface area contributed by atoms with Crippen molar-refractivity contribution in [1.82, 2.24) is 9.80 Å². The fourth-order valence-electron chi connectivity index (χ4n) is 3.18. The van der Waals surface area contributed by atoms with E-state index in [1.807, 2.05) is 48.3 Å². The normalized spacial score (nSPS) is 14.0. The number of hydrogen-bond donors (Lipinski definition) is 0. The molecule has 4 nitrogen and oxygen atoms in total. The Bertz CT molecular complexity index is 768. The van der Waals surface area contributed by atoms with Crippen molar-refractivity contribution in [2.75, 3.05) is 13.6 Å². The lowest BCUT2D eigenvalue weighted by Crippen LogP contribution is -2.26. The molecule has 0 bridgehead atoms. The molecule has 3 rings (SSSR count). The molecule has 0 aromatic heterocycles. The standard InChI is InChI=1S/C21H24N2O2/c1-16-6-3-4-7-19(16)15-22(2)21(25)18-11-9-17(10-12-18)14-23-13-5-8-20(23)24/h3-4,6-7,9-12H,5,8,13-15H2,1-2H3. The summed E-state index contributed by atoms with van der Waals surface area (Å²) in [4.78, 5) is 28.0. The zero-order valence-electron chi connectivity index (χ0n) is 14.9. The molecule has 4 heteroatoms. The summed E-state index contributed by atoms with van der Waals surface area (Å²) < 4.78 is 0. The lowest BCUT2D eigenvalue weighted by atomic mass is 10.1. The molecule has 0 atom stereocenters. The highest BCUT2D eigenvalue weighted by molar-refractivity contribution is 5.94. The highest BCUT2D eigenvalue weighted by atomic mass is 16.2. The predicted octanol–water partition coefficient (Wildman–Crippen LogP) is 3.39. The SMILES string of the molecule is Cc1ccccc1CN(C)C(=O)c1ccc(CN2CCCC2=O)cc1. The first-order valence-corrected chi connectivity index (χ1v) is 8.71. The molecular weight excluding hydrogens is 312 g/mol. The van der Waals surface area contributed by atoms with Crippen LogP contribution in [-0.4, -0.2) is 35.2 Å². The number of rotatable bonds is 5. The molecule has 2 aromatic carbocycles. The minimum Gasteiger partial charge on any atom is -0.338 e. The van der Waals surface area contributed by atoms with Crippen molar-refractivity contribution in [2.45, 2.75) is 32.9 Å². The van der Waals surface area contributed by atoms with Gasteiger partial charge in [0.1, 0.15) is 0 Å².